The number of aliphatic hydroxyl groups excluding tert-OH is 2. The van der Waals surface area contributed by atoms with Crippen LogP contribution in [0.2, 0.25) is 0 Å². The summed E-state index contributed by atoms with van der Waals surface area (Å²) >= 11 is 0. The van der Waals surface area contributed by atoms with E-state index < -0.39 is 24.1 Å². The van der Waals surface area contributed by atoms with Gasteiger partial charge in [0.2, 0.25) is 0 Å². The molecule has 0 radical (unpaired) electrons. The Hall–Kier alpha value is -1.70. The fourth-order valence-corrected chi connectivity index (χ4v) is 1.57. The Morgan fingerprint density at radius 2 is 2.29 bits per heavy atom. The molecule has 17 heavy (non-hydrogen) atoms. The highest BCUT2D eigenvalue weighted by Gasteiger charge is 2.26. The third-order valence-electron chi connectivity index (χ3n) is 2.47. The van der Waals surface area contributed by atoms with Crippen molar-refractivity contribution >= 4 is 5.82 Å². The van der Waals surface area contributed by atoms with Gasteiger partial charge in [-0.1, -0.05) is 6.08 Å². The van der Waals surface area contributed by atoms with Gasteiger partial charge in [-0.3, -0.25) is 4.57 Å². The van der Waals surface area contributed by atoms with E-state index in [1.807, 2.05) is 0 Å². The summed E-state index contributed by atoms with van der Waals surface area (Å²) in [5.41, 5.74) is 4.82. The van der Waals surface area contributed by atoms with Crippen molar-refractivity contribution in [3.8, 4) is 0 Å². The summed E-state index contributed by atoms with van der Waals surface area (Å²) in [6, 6.07) is 1.47. The molecule has 0 amide bonds. The third kappa shape index (κ3) is 2.36. The number of nitrogen functional groups attached to an aromatic ring is 1. The number of anilines is 1. The smallest absolute Gasteiger partial charge is 0.351 e. The van der Waals surface area contributed by atoms with Gasteiger partial charge in [0.1, 0.15) is 18.0 Å². The van der Waals surface area contributed by atoms with Gasteiger partial charge in [-0.05, 0) is 12.1 Å². The molecule has 0 aliphatic carbocycles. The molecule has 0 bridgehead atoms. The van der Waals surface area contributed by atoms with Crippen molar-refractivity contribution in [2.24, 2.45) is 0 Å². The second-order valence-corrected chi connectivity index (χ2v) is 3.67. The average molecular weight is 239 g/mol. The maximum atomic E-state index is 11.5. The molecule has 0 unspecified atom stereocenters. The van der Waals surface area contributed by atoms with E-state index in [9.17, 15) is 9.90 Å². The van der Waals surface area contributed by atoms with Crippen LogP contribution in [-0.4, -0.2) is 38.6 Å². The fourth-order valence-electron chi connectivity index (χ4n) is 1.57. The Kier molecular flexibility index (Phi) is 3.23. The minimum Gasteiger partial charge on any atom is -0.394 e. The molecular weight excluding hydrogens is 226 g/mol. The number of hydrogen-bond acceptors (Lipinski definition) is 6. The topological polar surface area (TPSA) is 111 Å². The van der Waals surface area contributed by atoms with E-state index in [0.29, 0.717) is 0 Å². The highest BCUT2D eigenvalue weighted by Crippen LogP contribution is 2.19. The van der Waals surface area contributed by atoms with Crippen molar-refractivity contribution in [1.82, 2.24) is 9.55 Å². The lowest BCUT2D eigenvalue weighted by Crippen LogP contribution is -2.39. The molecule has 0 fully saturated rings. The second kappa shape index (κ2) is 4.66. The molecule has 7 nitrogen and oxygen atoms in total. The molecule has 0 aromatic carbocycles. The number of hydrogen-bond donors (Lipinski definition) is 3. The zero-order valence-corrected chi connectivity index (χ0v) is 8.93. The normalized spacial score (nSPS) is 28.2. The number of nitrogens with two attached hydrogens (primary N) is 1. The van der Waals surface area contributed by atoms with Crippen LogP contribution in [0.15, 0.2) is 29.2 Å². The molecular formula is C10H13N3O4. The lowest BCUT2D eigenvalue weighted by Gasteiger charge is -2.28. The van der Waals surface area contributed by atoms with Crippen molar-refractivity contribution in [2.45, 2.75) is 18.4 Å². The molecule has 0 spiro atoms. The highest BCUT2D eigenvalue weighted by molar-refractivity contribution is 5.23. The van der Waals surface area contributed by atoms with Crippen molar-refractivity contribution in [2.75, 3.05) is 12.3 Å². The van der Waals surface area contributed by atoms with Gasteiger partial charge in [-0.2, -0.15) is 4.98 Å². The molecule has 1 aromatic heterocycles. The minimum absolute atomic E-state index is 0.129. The van der Waals surface area contributed by atoms with E-state index >= 15 is 0 Å². The molecule has 4 N–H and O–H groups in total. The molecule has 7 heteroatoms. The van der Waals surface area contributed by atoms with Crippen LogP contribution in [0.4, 0.5) is 5.82 Å². The molecule has 1 aromatic rings. The molecule has 2 heterocycles. The molecule has 92 valence electrons. The van der Waals surface area contributed by atoms with Crippen LogP contribution in [0, 0.1) is 0 Å². The first-order chi connectivity index (χ1) is 8.11. The Morgan fingerprint density at radius 1 is 1.53 bits per heavy atom. The summed E-state index contributed by atoms with van der Waals surface area (Å²) in [5.74, 6) is 0.129. The van der Waals surface area contributed by atoms with Crippen LogP contribution in [0.3, 0.4) is 0 Å². The van der Waals surface area contributed by atoms with Gasteiger partial charge < -0.3 is 20.7 Å². The van der Waals surface area contributed by atoms with E-state index in [4.69, 9.17) is 15.6 Å². The summed E-state index contributed by atoms with van der Waals surface area (Å²) in [6.45, 7) is -0.334. The standard InChI is InChI=1S/C10H13N3O4/c11-8-3-4-13(10(16)12-8)9-2-1-6(15)7(5-14)17-9/h1-4,6-7,9,14-15H,5H2,(H2,11,12,16)/t6-,7+,9+/m0/s1. The highest BCUT2D eigenvalue weighted by atomic mass is 16.5. The van der Waals surface area contributed by atoms with Crippen LogP contribution < -0.4 is 11.4 Å². The molecule has 1 aliphatic rings. The summed E-state index contributed by atoms with van der Waals surface area (Å²) in [4.78, 5) is 15.1. The maximum Gasteiger partial charge on any atom is 0.351 e. The summed E-state index contributed by atoms with van der Waals surface area (Å²) < 4.78 is 6.57. The summed E-state index contributed by atoms with van der Waals surface area (Å²) in [7, 11) is 0. The predicted octanol–water partition coefficient (Wildman–Crippen LogP) is -1.37. The molecule has 3 atom stereocenters. The molecule has 1 aliphatic heterocycles. The first kappa shape index (κ1) is 11.8. The number of ether oxygens (including phenoxy) is 1. The van der Waals surface area contributed by atoms with Crippen molar-refractivity contribution in [3.63, 3.8) is 0 Å². The molecule has 0 saturated heterocycles. The number of aliphatic hydroxyl groups is 2. The molecule has 0 saturated carbocycles. The van der Waals surface area contributed by atoms with E-state index in [0.717, 1.165) is 0 Å². The van der Waals surface area contributed by atoms with Crippen molar-refractivity contribution in [1.29, 1.82) is 0 Å². The van der Waals surface area contributed by atoms with E-state index in [1.165, 1.54) is 29.0 Å². The minimum atomic E-state index is -0.881. The van der Waals surface area contributed by atoms with Crippen molar-refractivity contribution < 1.29 is 14.9 Å². The lowest BCUT2D eigenvalue weighted by atomic mass is 10.1. The first-order valence-corrected chi connectivity index (χ1v) is 5.09. The second-order valence-electron chi connectivity index (χ2n) is 3.67. The Balaban J connectivity index is 2.29. The van der Waals surface area contributed by atoms with Gasteiger partial charge >= 0.3 is 5.69 Å². The van der Waals surface area contributed by atoms with Crippen LogP contribution >= 0.6 is 0 Å². The summed E-state index contributed by atoms with van der Waals surface area (Å²) in [5, 5.41) is 18.4. The van der Waals surface area contributed by atoms with Crippen LogP contribution in [0.1, 0.15) is 6.23 Å². The Labute approximate surface area is 96.8 Å². The Morgan fingerprint density at radius 3 is 2.94 bits per heavy atom. The monoisotopic (exact) mass is 239 g/mol. The van der Waals surface area contributed by atoms with E-state index in [1.54, 1.807) is 0 Å². The quantitative estimate of drug-likeness (QED) is 0.549. The maximum absolute atomic E-state index is 11.5. The fraction of sp³-hybridized carbons (Fsp3) is 0.400. The van der Waals surface area contributed by atoms with Crippen LogP contribution in [0.25, 0.3) is 0 Å². The van der Waals surface area contributed by atoms with E-state index in [-0.39, 0.29) is 12.4 Å². The van der Waals surface area contributed by atoms with Gasteiger partial charge in [0, 0.05) is 6.20 Å². The summed E-state index contributed by atoms with van der Waals surface area (Å²) in [6.07, 6.45) is 2.11. The number of aromatic nitrogens is 2. The average Bonchev–Trinajstić information content (AvgIpc) is 2.30. The van der Waals surface area contributed by atoms with Gasteiger partial charge in [0.25, 0.3) is 0 Å². The van der Waals surface area contributed by atoms with Gasteiger partial charge in [0.05, 0.1) is 6.61 Å². The zero-order valence-electron chi connectivity index (χ0n) is 8.93. The lowest BCUT2D eigenvalue weighted by molar-refractivity contribution is -0.104. The SMILES string of the molecule is Nc1ccn([C@H]2C=C[C@H](O)[C@@H](CO)O2)c(=O)n1. The van der Waals surface area contributed by atoms with Gasteiger partial charge in [-0.25, -0.2) is 4.79 Å². The number of nitrogens with zero attached hydrogens (tertiary/aromatic N) is 2. The van der Waals surface area contributed by atoms with Crippen LogP contribution in [0.5, 0.6) is 0 Å². The zero-order chi connectivity index (χ0) is 12.4. The van der Waals surface area contributed by atoms with Crippen LogP contribution in [-0.2, 0) is 4.74 Å². The number of rotatable bonds is 2. The van der Waals surface area contributed by atoms with Gasteiger partial charge in [0.15, 0.2) is 6.23 Å². The largest absolute Gasteiger partial charge is 0.394 e. The van der Waals surface area contributed by atoms with Gasteiger partial charge in [-0.15, -0.1) is 0 Å². The predicted molar refractivity (Wildman–Crippen MR) is 59.1 cm³/mol. The Bertz CT molecular complexity index is 485. The third-order valence-corrected chi connectivity index (χ3v) is 2.47. The van der Waals surface area contributed by atoms with E-state index in [2.05, 4.69) is 4.98 Å². The van der Waals surface area contributed by atoms with Crippen molar-refractivity contribution in [3.05, 3.63) is 34.9 Å². The molecule has 2 rings (SSSR count). The first-order valence-electron chi connectivity index (χ1n) is 5.09.